The van der Waals surface area contributed by atoms with Crippen LogP contribution in [-0.4, -0.2) is 60.4 Å². The van der Waals surface area contributed by atoms with Crippen LogP contribution in [0.3, 0.4) is 0 Å². The molecule has 23 heavy (non-hydrogen) atoms. The number of carbonyl (C=O) groups excluding carboxylic acids is 2. The van der Waals surface area contributed by atoms with Gasteiger partial charge in [0.25, 0.3) is 0 Å². The molecule has 3 aliphatic heterocycles. The maximum Gasteiger partial charge on any atom is 0.245 e. The van der Waals surface area contributed by atoms with E-state index in [9.17, 15) is 9.59 Å². The van der Waals surface area contributed by atoms with Gasteiger partial charge in [0.1, 0.15) is 6.04 Å². The van der Waals surface area contributed by atoms with Crippen LogP contribution in [0.2, 0.25) is 0 Å². The maximum atomic E-state index is 13.0. The Morgan fingerprint density at radius 3 is 2.26 bits per heavy atom. The Bertz CT molecular complexity index is 418. The highest BCUT2D eigenvalue weighted by atomic mass is 35.5. The lowest BCUT2D eigenvalue weighted by molar-refractivity contribution is -0.147. The van der Waals surface area contributed by atoms with E-state index in [1.807, 2.05) is 16.7 Å². The number of amides is 2. The van der Waals surface area contributed by atoms with Crippen molar-refractivity contribution in [1.82, 2.24) is 15.1 Å². The molecule has 3 rings (SSSR count). The lowest BCUT2D eigenvalue weighted by Gasteiger charge is -2.37. The average molecular weight is 344 g/mol. The SMILES string of the molecule is CCC(=O)N1CCCCC1C(=O)N1CC[C@@H]2CNC[C@@H]2CC1.Cl. The number of rotatable bonds is 2. The third-order valence-electron chi connectivity index (χ3n) is 5.74. The second kappa shape index (κ2) is 8.34. The number of likely N-dealkylation sites (tertiary alicyclic amines) is 2. The summed E-state index contributed by atoms with van der Waals surface area (Å²) in [5.41, 5.74) is 0. The van der Waals surface area contributed by atoms with Crippen LogP contribution in [0.1, 0.15) is 45.4 Å². The standard InChI is InChI=1S/C17H29N3O2.ClH/c1-2-16(21)20-8-4-3-5-15(20)17(22)19-9-6-13-11-18-12-14(13)7-10-19;/h13-15,18H,2-12H2,1H3;1H/t13-,14+,15?;. The molecule has 3 heterocycles. The van der Waals surface area contributed by atoms with Crippen LogP contribution < -0.4 is 5.32 Å². The van der Waals surface area contributed by atoms with E-state index in [-0.39, 0.29) is 30.3 Å². The summed E-state index contributed by atoms with van der Waals surface area (Å²) in [6, 6.07) is -0.197. The lowest BCUT2D eigenvalue weighted by Crippen LogP contribution is -2.53. The maximum absolute atomic E-state index is 13.0. The van der Waals surface area contributed by atoms with E-state index in [0.717, 1.165) is 76.7 Å². The van der Waals surface area contributed by atoms with Crippen LogP contribution in [0.4, 0.5) is 0 Å². The van der Waals surface area contributed by atoms with Gasteiger partial charge in [0, 0.05) is 26.1 Å². The van der Waals surface area contributed by atoms with Crippen molar-refractivity contribution in [3.63, 3.8) is 0 Å². The number of hydrogen-bond donors (Lipinski definition) is 1. The molecular formula is C17H30ClN3O2. The first-order chi connectivity index (χ1) is 10.7. The highest BCUT2D eigenvalue weighted by Gasteiger charge is 2.37. The Labute approximate surface area is 145 Å². The minimum atomic E-state index is -0.197. The molecule has 2 amide bonds. The molecule has 0 saturated carbocycles. The molecule has 0 aromatic carbocycles. The largest absolute Gasteiger partial charge is 0.341 e. The van der Waals surface area contributed by atoms with E-state index < -0.39 is 0 Å². The highest BCUT2D eigenvalue weighted by molar-refractivity contribution is 5.88. The van der Waals surface area contributed by atoms with Crippen LogP contribution in [0, 0.1) is 11.8 Å². The summed E-state index contributed by atoms with van der Waals surface area (Å²) >= 11 is 0. The van der Waals surface area contributed by atoms with E-state index in [0.29, 0.717) is 6.42 Å². The third kappa shape index (κ3) is 4.00. The lowest BCUT2D eigenvalue weighted by atomic mass is 9.92. The number of piperidine rings is 1. The zero-order valence-electron chi connectivity index (χ0n) is 14.1. The quantitative estimate of drug-likeness (QED) is 0.829. The third-order valence-corrected chi connectivity index (χ3v) is 5.74. The second-order valence-electron chi connectivity index (χ2n) is 7.03. The normalized spacial score (nSPS) is 31.1. The number of carbonyl (C=O) groups is 2. The average Bonchev–Trinajstić information content (AvgIpc) is 2.92. The van der Waals surface area contributed by atoms with Gasteiger partial charge in [-0.25, -0.2) is 0 Å². The van der Waals surface area contributed by atoms with Gasteiger partial charge in [-0.05, 0) is 57.0 Å². The van der Waals surface area contributed by atoms with Gasteiger partial charge >= 0.3 is 0 Å². The van der Waals surface area contributed by atoms with Crippen molar-refractivity contribution in [2.24, 2.45) is 11.8 Å². The fraction of sp³-hybridized carbons (Fsp3) is 0.882. The minimum absolute atomic E-state index is 0. The first kappa shape index (κ1) is 18.5. The molecule has 6 heteroatoms. The van der Waals surface area contributed by atoms with Gasteiger partial charge in [0.2, 0.25) is 11.8 Å². The van der Waals surface area contributed by atoms with Crippen LogP contribution in [-0.2, 0) is 9.59 Å². The molecule has 1 unspecified atom stereocenters. The topological polar surface area (TPSA) is 52.7 Å². The number of hydrogen-bond acceptors (Lipinski definition) is 3. The summed E-state index contributed by atoms with van der Waals surface area (Å²) < 4.78 is 0. The number of halogens is 1. The first-order valence-corrected chi connectivity index (χ1v) is 8.99. The molecule has 1 N–H and O–H groups in total. The molecule has 0 radical (unpaired) electrons. The number of nitrogens with zero attached hydrogens (tertiary/aromatic N) is 2. The fourth-order valence-electron chi connectivity index (χ4n) is 4.34. The summed E-state index contributed by atoms with van der Waals surface area (Å²) in [7, 11) is 0. The molecule has 3 fully saturated rings. The van der Waals surface area contributed by atoms with Gasteiger partial charge < -0.3 is 15.1 Å². The van der Waals surface area contributed by atoms with E-state index in [1.165, 1.54) is 0 Å². The van der Waals surface area contributed by atoms with Crippen LogP contribution in [0.5, 0.6) is 0 Å². The molecule has 0 bridgehead atoms. The van der Waals surface area contributed by atoms with Crippen molar-refractivity contribution in [3.05, 3.63) is 0 Å². The summed E-state index contributed by atoms with van der Waals surface area (Å²) in [6.07, 6.45) is 5.66. The molecule has 3 atom stereocenters. The fourth-order valence-corrected chi connectivity index (χ4v) is 4.34. The van der Waals surface area contributed by atoms with Crippen molar-refractivity contribution in [1.29, 1.82) is 0 Å². The smallest absolute Gasteiger partial charge is 0.245 e. The Kier molecular flexibility index (Phi) is 6.72. The van der Waals surface area contributed by atoms with E-state index in [4.69, 9.17) is 0 Å². The van der Waals surface area contributed by atoms with Crippen molar-refractivity contribution >= 4 is 24.2 Å². The Balaban J connectivity index is 0.00000192. The van der Waals surface area contributed by atoms with Crippen LogP contribution >= 0.6 is 12.4 Å². The monoisotopic (exact) mass is 343 g/mol. The Morgan fingerprint density at radius 2 is 1.65 bits per heavy atom. The molecule has 132 valence electrons. The van der Waals surface area contributed by atoms with Gasteiger partial charge in [-0.15, -0.1) is 12.4 Å². The van der Waals surface area contributed by atoms with Gasteiger partial charge in [-0.2, -0.15) is 0 Å². The van der Waals surface area contributed by atoms with Crippen molar-refractivity contribution in [3.8, 4) is 0 Å². The highest BCUT2D eigenvalue weighted by Crippen LogP contribution is 2.28. The molecule has 5 nitrogen and oxygen atoms in total. The molecular weight excluding hydrogens is 314 g/mol. The predicted octanol–water partition coefficient (Wildman–Crippen LogP) is 1.66. The second-order valence-corrected chi connectivity index (χ2v) is 7.03. The van der Waals surface area contributed by atoms with Gasteiger partial charge in [0.15, 0.2) is 0 Å². The van der Waals surface area contributed by atoms with Crippen molar-refractivity contribution in [2.75, 3.05) is 32.7 Å². The van der Waals surface area contributed by atoms with Crippen LogP contribution in [0.25, 0.3) is 0 Å². The molecule has 0 aromatic rings. The van der Waals surface area contributed by atoms with Crippen LogP contribution in [0.15, 0.2) is 0 Å². The van der Waals surface area contributed by atoms with E-state index in [2.05, 4.69) is 5.32 Å². The molecule has 3 aliphatic rings. The van der Waals surface area contributed by atoms with Gasteiger partial charge in [0.05, 0.1) is 0 Å². The van der Waals surface area contributed by atoms with Gasteiger partial charge in [-0.1, -0.05) is 6.92 Å². The van der Waals surface area contributed by atoms with Crippen molar-refractivity contribution in [2.45, 2.75) is 51.5 Å². The molecule has 0 spiro atoms. The molecule has 3 saturated heterocycles. The van der Waals surface area contributed by atoms with E-state index >= 15 is 0 Å². The Hall–Kier alpha value is -0.810. The molecule has 0 aliphatic carbocycles. The Morgan fingerprint density at radius 1 is 1.00 bits per heavy atom. The van der Waals surface area contributed by atoms with Crippen molar-refractivity contribution < 1.29 is 9.59 Å². The van der Waals surface area contributed by atoms with Gasteiger partial charge in [-0.3, -0.25) is 9.59 Å². The zero-order chi connectivity index (χ0) is 15.5. The minimum Gasteiger partial charge on any atom is -0.341 e. The first-order valence-electron chi connectivity index (χ1n) is 8.99. The summed E-state index contributed by atoms with van der Waals surface area (Å²) in [5, 5.41) is 3.47. The predicted molar refractivity (Wildman–Crippen MR) is 92.6 cm³/mol. The summed E-state index contributed by atoms with van der Waals surface area (Å²) in [4.78, 5) is 29.0. The number of nitrogens with one attached hydrogen (secondary N) is 1. The summed E-state index contributed by atoms with van der Waals surface area (Å²) in [6.45, 7) is 6.59. The van der Waals surface area contributed by atoms with E-state index in [1.54, 1.807) is 0 Å². The summed E-state index contributed by atoms with van der Waals surface area (Å²) in [5.74, 6) is 1.80. The molecule has 0 aromatic heterocycles. The zero-order valence-corrected chi connectivity index (χ0v) is 14.9. The number of fused-ring (bicyclic) bond motifs is 1.